The summed E-state index contributed by atoms with van der Waals surface area (Å²) in [4.78, 5) is 11.2. The van der Waals surface area contributed by atoms with Gasteiger partial charge in [0.1, 0.15) is 12.2 Å². The van der Waals surface area contributed by atoms with Gasteiger partial charge in [-0.3, -0.25) is 4.79 Å². The molecule has 0 saturated heterocycles. The van der Waals surface area contributed by atoms with Crippen molar-refractivity contribution in [3.8, 4) is 5.75 Å². The van der Waals surface area contributed by atoms with Crippen molar-refractivity contribution in [2.75, 3.05) is 12.4 Å². The summed E-state index contributed by atoms with van der Waals surface area (Å²) < 4.78 is 41.0. The van der Waals surface area contributed by atoms with Gasteiger partial charge in [-0.1, -0.05) is 5.16 Å². The van der Waals surface area contributed by atoms with Gasteiger partial charge in [0, 0.05) is 0 Å². The van der Waals surface area contributed by atoms with Gasteiger partial charge in [-0.15, -0.1) is 0 Å². The van der Waals surface area contributed by atoms with E-state index in [2.05, 4.69) is 10.5 Å². The van der Waals surface area contributed by atoms with Gasteiger partial charge in [0.05, 0.1) is 19.0 Å². The van der Waals surface area contributed by atoms with Crippen LogP contribution in [-0.4, -0.2) is 30.6 Å². The first kappa shape index (κ1) is 14.8. The van der Waals surface area contributed by atoms with E-state index in [4.69, 9.17) is 9.94 Å². The summed E-state index contributed by atoms with van der Waals surface area (Å²) >= 11 is 0. The van der Waals surface area contributed by atoms with Crippen LogP contribution in [0.5, 0.6) is 5.75 Å². The molecule has 0 radical (unpaired) electrons. The highest BCUT2D eigenvalue weighted by Crippen LogP contribution is 2.26. The fourth-order valence-corrected chi connectivity index (χ4v) is 1.35. The van der Waals surface area contributed by atoms with Crippen LogP contribution in [0.15, 0.2) is 23.4 Å². The summed E-state index contributed by atoms with van der Waals surface area (Å²) in [5.74, 6) is -1.01. The third-order valence-corrected chi connectivity index (χ3v) is 2.07. The van der Waals surface area contributed by atoms with Gasteiger partial charge < -0.3 is 15.3 Å². The molecule has 0 fully saturated rings. The largest absolute Gasteiger partial charge is 0.495 e. The third kappa shape index (κ3) is 4.86. The molecule has 0 aromatic heterocycles. The van der Waals surface area contributed by atoms with Crippen LogP contribution in [0, 0.1) is 0 Å². The Morgan fingerprint density at radius 3 is 2.74 bits per heavy atom. The minimum Gasteiger partial charge on any atom is -0.495 e. The van der Waals surface area contributed by atoms with Gasteiger partial charge >= 0.3 is 6.18 Å². The van der Waals surface area contributed by atoms with E-state index in [1.807, 2.05) is 0 Å². The second kappa shape index (κ2) is 6.07. The van der Waals surface area contributed by atoms with E-state index in [0.717, 1.165) is 6.21 Å². The van der Waals surface area contributed by atoms with Crippen molar-refractivity contribution in [2.24, 2.45) is 5.16 Å². The monoisotopic (exact) mass is 276 g/mol. The molecule has 104 valence electrons. The van der Waals surface area contributed by atoms with Crippen LogP contribution in [0.2, 0.25) is 0 Å². The molecule has 0 aliphatic rings. The Morgan fingerprint density at radius 1 is 1.53 bits per heavy atom. The molecule has 1 rings (SSSR count). The summed E-state index contributed by atoms with van der Waals surface area (Å²) in [6.45, 7) is 0. The number of hydrogen-bond acceptors (Lipinski definition) is 4. The SMILES string of the molecule is COc1ccc(C=NO)cc1NC(=O)CC(F)(F)F. The molecular weight excluding hydrogens is 265 g/mol. The van der Waals surface area contributed by atoms with Gasteiger partial charge in [0.15, 0.2) is 0 Å². The molecule has 0 spiro atoms. The predicted molar refractivity (Wildman–Crippen MR) is 61.7 cm³/mol. The molecule has 0 heterocycles. The number of alkyl halides is 3. The average molecular weight is 276 g/mol. The van der Waals surface area contributed by atoms with Crippen molar-refractivity contribution in [2.45, 2.75) is 12.6 Å². The van der Waals surface area contributed by atoms with Gasteiger partial charge in [-0.05, 0) is 23.8 Å². The van der Waals surface area contributed by atoms with Crippen molar-refractivity contribution < 1.29 is 27.9 Å². The molecule has 0 atom stereocenters. The fourth-order valence-electron chi connectivity index (χ4n) is 1.35. The highest BCUT2D eigenvalue weighted by Gasteiger charge is 2.31. The van der Waals surface area contributed by atoms with E-state index in [0.29, 0.717) is 5.56 Å². The van der Waals surface area contributed by atoms with Gasteiger partial charge in [-0.25, -0.2) is 0 Å². The number of amides is 1. The maximum atomic E-state index is 12.0. The fraction of sp³-hybridized carbons (Fsp3) is 0.273. The first-order valence-corrected chi connectivity index (χ1v) is 5.08. The Balaban J connectivity index is 2.91. The molecule has 19 heavy (non-hydrogen) atoms. The van der Waals surface area contributed by atoms with E-state index in [1.165, 1.54) is 25.3 Å². The molecular formula is C11H11F3N2O3. The number of methoxy groups -OCH3 is 1. The number of ether oxygens (including phenoxy) is 1. The number of anilines is 1. The van der Waals surface area contributed by atoms with Crippen molar-refractivity contribution in [3.63, 3.8) is 0 Å². The van der Waals surface area contributed by atoms with E-state index < -0.39 is 18.5 Å². The predicted octanol–water partition coefficient (Wildman–Crippen LogP) is 2.39. The molecule has 0 bridgehead atoms. The van der Waals surface area contributed by atoms with E-state index in [9.17, 15) is 18.0 Å². The lowest BCUT2D eigenvalue weighted by atomic mass is 10.2. The van der Waals surface area contributed by atoms with E-state index in [1.54, 1.807) is 0 Å². The van der Waals surface area contributed by atoms with Crippen LogP contribution < -0.4 is 10.1 Å². The molecule has 1 amide bonds. The highest BCUT2D eigenvalue weighted by atomic mass is 19.4. The summed E-state index contributed by atoms with van der Waals surface area (Å²) in [6, 6.07) is 4.27. The standard InChI is InChI=1S/C11H11F3N2O3/c1-19-9-3-2-7(6-15-18)4-8(9)16-10(17)5-11(12,13)14/h2-4,6,18H,5H2,1H3,(H,16,17). The van der Waals surface area contributed by atoms with Gasteiger partial charge in [-0.2, -0.15) is 13.2 Å². The topological polar surface area (TPSA) is 70.9 Å². The zero-order chi connectivity index (χ0) is 14.5. The molecule has 0 unspecified atom stereocenters. The number of oxime groups is 1. The number of benzene rings is 1. The van der Waals surface area contributed by atoms with E-state index in [-0.39, 0.29) is 11.4 Å². The summed E-state index contributed by atoms with van der Waals surface area (Å²) in [6.07, 6.45) is -5.10. The highest BCUT2D eigenvalue weighted by molar-refractivity contribution is 5.94. The number of halogens is 3. The first-order chi connectivity index (χ1) is 8.85. The zero-order valence-corrected chi connectivity index (χ0v) is 9.86. The molecule has 0 aliphatic carbocycles. The van der Waals surface area contributed by atoms with E-state index >= 15 is 0 Å². The maximum absolute atomic E-state index is 12.0. The van der Waals surface area contributed by atoms with Gasteiger partial charge in [0.25, 0.3) is 0 Å². The van der Waals surface area contributed by atoms with Crippen molar-refractivity contribution in [3.05, 3.63) is 23.8 Å². The smallest absolute Gasteiger partial charge is 0.397 e. The Hall–Kier alpha value is -2.25. The Kier molecular flexibility index (Phi) is 4.74. The lowest BCUT2D eigenvalue weighted by Gasteiger charge is -2.11. The summed E-state index contributed by atoms with van der Waals surface area (Å²) in [5.41, 5.74) is 0.458. The van der Waals surface area contributed by atoms with Crippen LogP contribution in [0.4, 0.5) is 18.9 Å². The number of nitrogens with zero attached hydrogens (tertiary/aromatic N) is 1. The van der Waals surface area contributed by atoms with Crippen molar-refractivity contribution in [1.82, 2.24) is 0 Å². The normalized spacial score (nSPS) is 11.6. The molecule has 0 saturated carbocycles. The molecule has 0 aliphatic heterocycles. The maximum Gasteiger partial charge on any atom is 0.397 e. The third-order valence-electron chi connectivity index (χ3n) is 2.07. The second-order valence-electron chi connectivity index (χ2n) is 3.54. The first-order valence-electron chi connectivity index (χ1n) is 5.08. The number of carbonyl (C=O) groups excluding carboxylic acids is 1. The second-order valence-corrected chi connectivity index (χ2v) is 3.54. The van der Waals surface area contributed by atoms with Crippen molar-refractivity contribution >= 4 is 17.8 Å². The zero-order valence-electron chi connectivity index (χ0n) is 9.86. The molecule has 1 aromatic carbocycles. The van der Waals surface area contributed by atoms with Crippen molar-refractivity contribution in [1.29, 1.82) is 0 Å². The number of hydrogen-bond donors (Lipinski definition) is 2. The number of rotatable bonds is 4. The lowest BCUT2D eigenvalue weighted by molar-refractivity contribution is -0.150. The van der Waals surface area contributed by atoms with Crippen LogP contribution in [0.3, 0.4) is 0 Å². The summed E-state index contributed by atoms with van der Waals surface area (Å²) in [5, 5.41) is 13.2. The number of nitrogens with one attached hydrogen (secondary N) is 1. The Morgan fingerprint density at radius 2 is 2.21 bits per heavy atom. The van der Waals surface area contributed by atoms with Crippen LogP contribution >= 0.6 is 0 Å². The Labute approximate surface area is 106 Å². The average Bonchev–Trinajstić information content (AvgIpc) is 2.27. The number of carbonyl (C=O) groups is 1. The molecule has 5 nitrogen and oxygen atoms in total. The minimum absolute atomic E-state index is 0.0640. The lowest BCUT2D eigenvalue weighted by Crippen LogP contribution is -2.21. The molecule has 2 N–H and O–H groups in total. The molecule has 8 heteroatoms. The van der Waals surface area contributed by atoms with Gasteiger partial charge in [0.2, 0.25) is 5.91 Å². The Bertz CT molecular complexity index is 487. The minimum atomic E-state index is -4.58. The quantitative estimate of drug-likeness (QED) is 0.504. The molecule has 1 aromatic rings. The van der Waals surface area contributed by atoms with Crippen LogP contribution in [0.1, 0.15) is 12.0 Å². The summed E-state index contributed by atoms with van der Waals surface area (Å²) in [7, 11) is 1.31. The van der Waals surface area contributed by atoms with Crippen LogP contribution in [0.25, 0.3) is 0 Å². The van der Waals surface area contributed by atoms with Crippen LogP contribution in [-0.2, 0) is 4.79 Å².